The number of piperidine rings is 1. The number of hydrogen-bond acceptors (Lipinski definition) is 4. The van der Waals surface area contributed by atoms with Crippen LogP contribution in [0.15, 0.2) is 0 Å². The molecule has 2 atom stereocenters. The summed E-state index contributed by atoms with van der Waals surface area (Å²) >= 11 is 0. The molecule has 4 saturated heterocycles. The van der Waals surface area contributed by atoms with Crippen LogP contribution < -0.4 is 5.32 Å². The maximum atomic E-state index is 5.51. The number of morpholine rings is 1. The second-order valence-corrected chi connectivity index (χ2v) is 5.07. The molecule has 0 spiro atoms. The summed E-state index contributed by atoms with van der Waals surface area (Å²) < 4.78 is 10.5. The maximum Gasteiger partial charge on any atom is 0.0965 e. The minimum Gasteiger partial charge on any atom is -0.372 e. The third kappa shape index (κ3) is 5.22. The van der Waals surface area contributed by atoms with E-state index >= 15 is 0 Å². The van der Waals surface area contributed by atoms with Crippen molar-refractivity contribution in [2.24, 2.45) is 0 Å². The average molecular weight is 258 g/mol. The lowest BCUT2D eigenvalue weighted by atomic mass is 9.98. The van der Waals surface area contributed by atoms with Gasteiger partial charge >= 0.3 is 0 Å². The quantitative estimate of drug-likeness (QED) is 0.778. The van der Waals surface area contributed by atoms with Crippen molar-refractivity contribution in [2.75, 3.05) is 33.0 Å². The van der Waals surface area contributed by atoms with Crippen LogP contribution in [0.1, 0.15) is 40.5 Å². The first-order valence-electron chi connectivity index (χ1n) is 7.43. The van der Waals surface area contributed by atoms with Crippen molar-refractivity contribution in [3.05, 3.63) is 0 Å². The highest BCUT2D eigenvalue weighted by Gasteiger charge is 2.38. The van der Waals surface area contributed by atoms with Crippen LogP contribution in [0.2, 0.25) is 0 Å². The highest BCUT2D eigenvalue weighted by Crippen LogP contribution is 2.28. The van der Waals surface area contributed by atoms with Crippen LogP contribution in [-0.4, -0.2) is 56.1 Å². The number of nitrogens with zero attached hydrogens (tertiary/aromatic N) is 1. The van der Waals surface area contributed by atoms with Crippen LogP contribution in [-0.2, 0) is 9.47 Å². The van der Waals surface area contributed by atoms with Gasteiger partial charge in [-0.05, 0) is 26.8 Å². The van der Waals surface area contributed by atoms with Gasteiger partial charge in [-0.2, -0.15) is 0 Å². The molecule has 0 aromatic carbocycles. The van der Waals surface area contributed by atoms with Gasteiger partial charge in [-0.15, -0.1) is 0 Å². The molecule has 2 unspecified atom stereocenters. The SMILES string of the molecule is C1CNCOC1.CC.CC(C)N1CC2CC(C1)O2. The Morgan fingerprint density at radius 1 is 1.17 bits per heavy atom. The lowest BCUT2D eigenvalue weighted by molar-refractivity contribution is -0.185. The molecule has 108 valence electrons. The van der Waals surface area contributed by atoms with Crippen molar-refractivity contribution in [1.82, 2.24) is 10.2 Å². The van der Waals surface area contributed by atoms with Crippen molar-refractivity contribution in [2.45, 2.75) is 58.8 Å². The zero-order valence-corrected chi connectivity index (χ0v) is 12.4. The first-order chi connectivity index (χ1) is 8.75. The van der Waals surface area contributed by atoms with Crippen LogP contribution in [0.5, 0.6) is 0 Å². The summed E-state index contributed by atoms with van der Waals surface area (Å²) in [6.07, 6.45) is 3.62. The van der Waals surface area contributed by atoms with E-state index in [4.69, 9.17) is 9.47 Å². The van der Waals surface area contributed by atoms with E-state index in [1.165, 1.54) is 12.8 Å². The largest absolute Gasteiger partial charge is 0.372 e. The van der Waals surface area contributed by atoms with Gasteiger partial charge < -0.3 is 9.47 Å². The molecule has 4 aliphatic heterocycles. The molecule has 0 radical (unpaired) electrons. The molecule has 4 nitrogen and oxygen atoms in total. The van der Waals surface area contributed by atoms with Gasteiger partial charge in [0.2, 0.25) is 0 Å². The summed E-state index contributed by atoms with van der Waals surface area (Å²) in [6, 6.07) is 0.703. The van der Waals surface area contributed by atoms with Crippen LogP contribution in [0.3, 0.4) is 0 Å². The van der Waals surface area contributed by atoms with Crippen LogP contribution in [0.4, 0.5) is 0 Å². The first-order valence-corrected chi connectivity index (χ1v) is 7.43. The molecule has 4 rings (SSSR count). The Morgan fingerprint density at radius 3 is 2.00 bits per heavy atom. The molecule has 2 bridgehead atoms. The lowest BCUT2D eigenvalue weighted by Crippen LogP contribution is -2.58. The molecule has 0 amide bonds. The molecule has 4 heteroatoms. The standard InChI is InChI=1S/C8H15NO.C4H9NO.C2H6/c1-6(2)9-4-7-3-8(5-9)10-7;1-2-5-4-6-3-1;1-2/h6-8H,3-5H2,1-2H3;5H,1-4H2;1-2H3. The minimum absolute atomic E-state index is 0.571. The second-order valence-electron chi connectivity index (χ2n) is 5.07. The van der Waals surface area contributed by atoms with Gasteiger partial charge in [0.15, 0.2) is 0 Å². The van der Waals surface area contributed by atoms with Crippen molar-refractivity contribution in [1.29, 1.82) is 0 Å². The predicted molar refractivity (Wildman–Crippen MR) is 74.8 cm³/mol. The molecule has 4 heterocycles. The summed E-state index contributed by atoms with van der Waals surface area (Å²) in [6.45, 7) is 13.6. The van der Waals surface area contributed by atoms with Gasteiger partial charge in [-0.3, -0.25) is 10.2 Å². The van der Waals surface area contributed by atoms with Crippen molar-refractivity contribution >= 4 is 0 Å². The van der Waals surface area contributed by atoms with Gasteiger partial charge in [0.05, 0.1) is 18.9 Å². The molecule has 4 fully saturated rings. The third-order valence-electron chi connectivity index (χ3n) is 3.36. The minimum atomic E-state index is 0.571. The van der Waals surface area contributed by atoms with Gasteiger partial charge in [0, 0.05) is 32.2 Å². The van der Waals surface area contributed by atoms with Gasteiger partial charge in [-0.1, -0.05) is 13.8 Å². The zero-order chi connectivity index (χ0) is 13.4. The van der Waals surface area contributed by atoms with Crippen molar-refractivity contribution < 1.29 is 9.47 Å². The van der Waals surface area contributed by atoms with Crippen molar-refractivity contribution in [3.63, 3.8) is 0 Å². The van der Waals surface area contributed by atoms with E-state index in [9.17, 15) is 0 Å². The Labute approximate surface area is 112 Å². The second kappa shape index (κ2) is 8.86. The molecule has 1 N–H and O–H groups in total. The molecular formula is C14H30N2O2. The summed E-state index contributed by atoms with van der Waals surface area (Å²) in [5.41, 5.74) is 0. The Hall–Kier alpha value is -0.160. The Balaban J connectivity index is 0.000000174. The van der Waals surface area contributed by atoms with Crippen LogP contribution in [0.25, 0.3) is 0 Å². The summed E-state index contributed by atoms with van der Waals surface area (Å²) in [5.74, 6) is 0. The molecule has 4 aliphatic rings. The highest BCUT2D eigenvalue weighted by atomic mass is 16.5. The number of rotatable bonds is 1. The molecule has 0 saturated carbocycles. The fraction of sp³-hybridized carbons (Fsp3) is 1.00. The fourth-order valence-corrected chi connectivity index (χ4v) is 2.32. The first kappa shape index (κ1) is 15.9. The zero-order valence-electron chi connectivity index (χ0n) is 12.4. The summed E-state index contributed by atoms with van der Waals surface area (Å²) in [4.78, 5) is 2.50. The molecule has 0 aromatic heterocycles. The topological polar surface area (TPSA) is 33.7 Å². The smallest absolute Gasteiger partial charge is 0.0965 e. The van der Waals surface area contributed by atoms with Crippen molar-refractivity contribution in [3.8, 4) is 0 Å². The van der Waals surface area contributed by atoms with E-state index < -0.39 is 0 Å². The Morgan fingerprint density at radius 2 is 1.78 bits per heavy atom. The number of fused-ring (bicyclic) bond motifs is 2. The van der Waals surface area contributed by atoms with E-state index in [0.29, 0.717) is 18.2 Å². The summed E-state index contributed by atoms with van der Waals surface area (Å²) in [7, 11) is 0. The van der Waals surface area contributed by atoms with E-state index in [2.05, 4.69) is 24.1 Å². The molecule has 18 heavy (non-hydrogen) atoms. The lowest BCUT2D eigenvalue weighted by Gasteiger charge is -2.48. The number of hydrogen-bond donors (Lipinski definition) is 1. The van der Waals surface area contributed by atoms with E-state index in [1.54, 1.807) is 0 Å². The predicted octanol–water partition coefficient (Wildman–Crippen LogP) is 1.85. The fourth-order valence-electron chi connectivity index (χ4n) is 2.32. The molecule has 0 aliphatic carbocycles. The third-order valence-corrected chi connectivity index (χ3v) is 3.36. The van der Waals surface area contributed by atoms with Crippen LogP contribution in [0, 0.1) is 0 Å². The van der Waals surface area contributed by atoms with Crippen LogP contribution >= 0.6 is 0 Å². The highest BCUT2D eigenvalue weighted by molar-refractivity contribution is 4.89. The summed E-state index contributed by atoms with van der Waals surface area (Å²) in [5, 5.41) is 3.06. The van der Waals surface area contributed by atoms with E-state index in [1.807, 2.05) is 13.8 Å². The van der Waals surface area contributed by atoms with E-state index in [-0.39, 0.29) is 0 Å². The number of ether oxygens (including phenoxy) is 2. The molecular weight excluding hydrogens is 228 g/mol. The monoisotopic (exact) mass is 258 g/mol. The number of nitrogens with one attached hydrogen (secondary N) is 1. The maximum absolute atomic E-state index is 5.51. The Kier molecular flexibility index (Phi) is 7.82. The molecule has 0 aromatic rings. The van der Waals surface area contributed by atoms with Gasteiger partial charge in [0.1, 0.15) is 0 Å². The Bertz CT molecular complexity index is 180. The van der Waals surface area contributed by atoms with E-state index in [0.717, 1.165) is 33.0 Å². The van der Waals surface area contributed by atoms with Gasteiger partial charge in [0.25, 0.3) is 0 Å². The normalized spacial score (nSPS) is 30.5. The average Bonchev–Trinajstić information content (AvgIpc) is 2.43. The van der Waals surface area contributed by atoms with Gasteiger partial charge in [-0.25, -0.2) is 0 Å².